The molecular weight excluding hydrogens is 316 g/mol. The number of fused-ring (bicyclic) bond motifs is 1. The van der Waals surface area contributed by atoms with Gasteiger partial charge < -0.3 is 4.74 Å². The number of carbonyl (C=O) groups is 1. The van der Waals surface area contributed by atoms with Crippen LogP contribution in [-0.4, -0.2) is 15.7 Å². The first kappa shape index (κ1) is 16.9. The number of hydrogen-bond acceptors (Lipinski definition) is 4. The Morgan fingerprint density at radius 3 is 2.36 bits per heavy atom. The predicted octanol–water partition coefficient (Wildman–Crippen LogP) is 3.39. The first-order valence-corrected chi connectivity index (χ1v) is 8.23. The third-order valence-corrected chi connectivity index (χ3v) is 4.01. The molecule has 0 radical (unpaired) electrons. The van der Waals surface area contributed by atoms with Gasteiger partial charge in [0.15, 0.2) is 5.69 Å². The van der Waals surface area contributed by atoms with Crippen molar-refractivity contribution < 1.29 is 9.53 Å². The SMILES string of the molecule is CCn1nc(C(=O)OCc2cc(C)cc(C)c2)c2ccccc2c1=O. The average Bonchev–Trinajstić information content (AvgIpc) is 2.59. The number of rotatable bonds is 4. The molecule has 0 unspecified atom stereocenters. The summed E-state index contributed by atoms with van der Waals surface area (Å²) in [6, 6.07) is 13.0. The lowest BCUT2D eigenvalue weighted by Gasteiger charge is -2.10. The zero-order chi connectivity index (χ0) is 18.0. The molecule has 0 aliphatic carbocycles. The average molecular weight is 336 g/mol. The van der Waals surface area contributed by atoms with Gasteiger partial charge in [-0.3, -0.25) is 4.79 Å². The van der Waals surface area contributed by atoms with Crippen molar-refractivity contribution >= 4 is 16.7 Å². The summed E-state index contributed by atoms with van der Waals surface area (Å²) < 4.78 is 6.74. The van der Waals surface area contributed by atoms with Crippen LogP contribution in [-0.2, 0) is 17.9 Å². The molecule has 0 aliphatic heterocycles. The molecule has 1 aromatic heterocycles. The highest BCUT2D eigenvalue weighted by molar-refractivity contribution is 6.02. The van der Waals surface area contributed by atoms with E-state index in [1.807, 2.05) is 32.9 Å². The molecule has 0 aliphatic rings. The Bertz CT molecular complexity index is 985. The van der Waals surface area contributed by atoms with Gasteiger partial charge in [0.25, 0.3) is 5.56 Å². The minimum absolute atomic E-state index is 0.168. The Balaban J connectivity index is 1.94. The molecule has 1 heterocycles. The van der Waals surface area contributed by atoms with Gasteiger partial charge in [-0.2, -0.15) is 5.10 Å². The number of hydrogen-bond donors (Lipinski definition) is 0. The van der Waals surface area contributed by atoms with Crippen molar-refractivity contribution in [2.75, 3.05) is 0 Å². The second kappa shape index (κ2) is 6.89. The third-order valence-electron chi connectivity index (χ3n) is 4.01. The van der Waals surface area contributed by atoms with Gasteiger partial charge in [0.2, 0.25) is 0 Å². The summed E-state index contributed by atoms with van der Waals surface area (Å²) in [6.07, 6.45) is 0. The van der Waals surface area contributed by atoms with Gasteiger partial charge in [-0.25, -0.2) is 9.48 Å². The monoisotopic (exact) mass is 336 g/mol. The molecule has 2 aromatic carbocycles. The van der Waals surface area contributed by atoms with Gasteiger partial charge in [-0.1, -0.05) is 47.5 Å². The van der Waals surface area contributed by atoms with E-state index in [4.69, 9.17) is 4.74 Å². The Morgan fingerprint density at radius 1 is 1.08 bits per heavy atom. The Morgan fingerprint density at radius 2 is 1.72 bits per heavy atom. The summed E-state index contributed by atoms with van der Waals surface area (Å²) >= 11 is 0. The minimum atomic E-state index is -0.530. The van der Waals surface area contributed by atoms with E-state index in [9.17, 15) is 9.59 Å². The smallest absolute Gasteiger partial charge is 0.359 e. The number of aryl methyl sites for hydroxylation is 3. The number of carbonyl (C=O) groups excluding carboxylic acids is 1. The molecule has 0 saturated carbocycles. The lowest BCUT2D eigenvalue weighted by Crippen LogP contribution is -2.25. The van der Waals surface area contributed by atoms with E-state index >= 15 is 0 Å². The number of esters is 1. The fraction of sp³-hybridized carbons (Fsp3) is 0.250. The molecule has 0 saturated heterocycles. The Kier molecular flexibility index (Phi) is 4.65. The lowest BCUT2D eigenvalue weighted by molar-refractivity contribution is 0.0465. The third kappa shape index (κ3) is 3.45. The van der Waals surface area contributed by atoms with Crippen LogP contribution in [0.3, 0.4) is 0 Å². The maximum absolute atomic E-state index is 12.6. The van der Waals surface area contributed by atoms with E-state index in [0.29, 0.717) is 17.3 Å². The predicted molar refractivity (Wildman–Crippen MR) is 96.7 cm³/mol. The van der Waals surface area contributed by atoms with Crippen molar-refractivity contribution in [3.05, 3.63) is 75.2 Å². The molecule has 0 fully saturated rings. The standard InChI is InChI=1S/C20H20N2O3/c1-4-22-19(23)17-8-6-5-7-16(17)18(21-22)20(24)25-12-15-10-13(2)9-14(3)11-15/h5-11H,4,12H2,1-3H3. The van der Waals surface area contributed by atoms with Crippen LogP contribution in [0.1, 0.15) is 34.1 Å². The molecule has 0 amide bonds. The molecule has 5 heteroatoms. The highest BCUT2D eigenvalue weighted by atomic mass is 16.5. The molecule has 25 heavy (non-hydrogen) atoms. The minimum Gasteiger partial charge on any atom is -0.456 e. The van der Waals surface area contributed by atoms with Crippen LogP contribution < -0.4 is 5.56 Å². The topological polar surface area (TPSA) is 61.2 Å². The van der Waals surface area contributed by atoms with Crippen molar-refractivity contribution in [2.24, 2.45) is 0 Å². The zero-order valence-corrected chi connectivity index (χ0v) is 14.6. The van der Waals surface area contributed by atoms with Crippen LogP contribution in [0.2, 0.25) is 0 Å². The lowest BCUT2D eigenvalue weighted by atomic mass is 10.1. The maximum Gasteiger partial charge on any atom is 0.359 e. The van der Waals surface area contributed by atoms with Crippen LogP contribution in [0.5, 0.6) is 0 Å². The van der Waals surface area contributed by atoms with Crippen LogP contribution in [0.4, 0.5) is 0 Å². The normalized spacial score (nSPS) is 10.8. The summed E-state index contributed by atoms with van der Waals surface area (Å²) in [5.74, 6) is -0.530. The molecule has 5 nitrogen and oxygen atoms in total. The highest BCUT2D eigenvalue weighted by Gasteiger charge is 2.17. The molecular formula is C20H20N2O3. The first-order valence-electron chi connectivity index (χ1n) is 8.23. The number of nitrogens with zero attached hydrogens (tertiary/aromatic N) is 2. The molecule has 0 N–H and O–H groups in total. The fourth-order valence-electron chi connectivity index (χ4n) is 2.97. The summed E-state index contributed by atoms with van der Waals surface area (Å²) in [5.41, 5.74) is 3.13. The van der Waals surface area contributed by atoms with Crippen LogP contribution >= 0.6 is 0 Å². The number of ether oxygens (including phenoxy) is 1. The summed E-state index contributed by atoms with van der Waals surface area (Å²) in [6.45, 7) is 6.38. The van der Waals surface area contributed by atoms with E-state index in [1.165, 1.54) is 4.68 Å². The fourth-order valence-corrected chi connectivity index (χ4v) is 2.97. The summed E-state index contributed by atoms with van der Waals surface area (Å²) in [4.78, 5) is 24.9. The van der Waals surface area contributed by atoms with E-state index in [0.717, 1.165) is 16.7 Å². The van der Waals surface area contributed by atoms with Crippen LogP contribution in [0.15, 0.2) is 47.3 Å². The maximum atomic E-state index is 12.6. The second-order valence-electron chi connectivity index (χ2n) is 6.09. The van der Waals surface area contributed by atoms with Crippen molar-refractivity contribution in [3.8, 4) is 0 Å². The van der Waals surface area contributed by atoms with Crippen molar-refractivity contribution in [2.45, 2.75) is 33.9 Å². The van der Waals surface area contributed by atoms with Crippen molar-refractivity contribution in [1.29, 1.82) is 0 Å². The highest BCUT2D eigenvalue weighted by Crippen LogP contribution is 2.16. The van der Waals surface area contributed by atoms with E-state index < -0.39 is 5.97 Å². The summed E-state index contributed by atoms with van der Waals surface area (Å²) in [7, 11) is 0. The Hall–Kier alpha value is -2.95. The number of aromatic nitrogens is 2. The first-order chi connectivity index (χ1) is 12.0. The molecule has 3 aromatic rings. The van der Waals surface area contributed by atoms with Gasteiger partial charge in [0.05, 0.1) is 5.39 Å². The van der Waals surface area contributed by atoms with Gasteiger partial charge in [0, 0.05) is 11.9 Å². The summed E-state index contributed by atoms with van der Waals surface area (Å²) in [5, 5.41) is 5.18. The zero-order valence-electron chi connectivity index (χ0n) is 14.6. The largest absolute Gasteiger partial charge is 0.456 e. The van der Waals surface area contributed by atoms with Crippen molar-refractivity contribution in [1.82, 2.24) is 9.78 Å². The molecule has 128 valence electrons. The van der Waals surface area contributed by atoms with E-state index in [1.54, 1.807) is 24.3 Å². The van der Waals surface area contributed by atoms with Gasteiger partial charge in [-0.15, -0.1) is 0 Å². The molecule has 0 spiro atoms. The number of benzene rings is 2. The van der Waals surface area contributed by atoms with Gasteiger partial charge in [-0.05, 0) is 32.4 Å². The second-order valence-corrected chi connectivity index (χ2v) is 6.09. The van der Waals surface area contributed by atoms with Gasteiger partial charge in [0.1, 0.15) is 6.61 Å². The van der Waals surface area contributed by atoms with Crippen molar-refractivity contribution in [3.63, 3.8) is 0 Å². The van der Waals surface area contributed by atoms with E-state index in [-0.39, 0.29) is 17.9 Å². The van der Waals surface area contributed by atoms with Gasteiger partial charge >= 0.3 is 5.97 Å². The van der Waals surface area contributed by atoms with Crippen LogP contribution in [0.25, 0.3) is 10.8 Å². The Labute approximate surface area is 145 Å². The van der Waals surface area contributed by atoms with Crippen LogP contribution in [0, 0.1) is 13.8 Å². The molecule has 0 bridgehead atoms. The molecule has 3 rings (SSSR count). The molecule has 0 atom stereocenters. The van der Waals surface area contributed by atoms with E-state index in [2.05, 4.69) is 11.2 Å². The quantitative estimate of drug-likeness (QED) is 0.685.